The van der Waals surface area contributed by atoms with Crippen LogP contribution in [0.25, 0.3) is 10.9 Å². The van der Waals surface area contributed by atoms with Gasteiger partial charge in [0.1, 0.15) is 17.3 Å². The van der Waals surface area contributed by atoms with Crippen LogP contribution >= 0.6 is 0 Å². The lowest BCUT2D eigenvalue weighted by molar-refractivity contribution is 0.0940. The van der Waals surface area contributed by atoms with E-state index in [0.29, 0.717) is 22.8 Å². The van der Waals surface area contributed by atoms with Gasteiger partial charge in [0.25, 0.3) is 5.91 Å². The minimum absolute atomic E-state index is 0.0876. The number of nitrogens with one attached hydrogen (secondary N) is 2. The molecule has 7 heteroatoms. The number of ether oxygens (including phenoxy) is 2. The summed E-state index contributed by atoms with van der Waals surface area (Å²) < 4.78 is 10.6. The van der Waals surface area contributed by atoms with Gasteiger partial charge >= 0.3 is 0 Å². The van der Waals surface area contributed by atoms with Crippen molar-refractivity contribution in [2.45, 2.75) is 6.54 Å². The highest BCUT2D eigenvalue weighted by atomic mass is 16.5. The summed E-state index contributed by atoms with van der Waals surface area (Å²) >= 11 is 0. The minimum atomic E-state index is -0.375. The highest BCUT2D eigenvalue weighted by Gasteiger charge is 2.15. The third-order valence-corrected chi connectivity index (χ3v) is 4.78. The third kappa shape index (κ3) is 4.56. The van der Waals surface area contributed by atoms with Gasteiger partial charge in [0.05, 0.1) is 19.7 Å². The van der Waals surface area contributed by atoms with E-state index < -0.39 is 0 Å². The standard InChI is InChI=1S/C24H22N4O3/c1-30-18-13-12-16(21(14-18)31-2)15-25-24(29)23-27-20-11-7-6-10-19(20)22(28-23)26-17-8-4-3-5-9-17/h3-14H,15H2,1-2H3,(H,25,29)(H,26,27,28). The smallest absolute Gasteiger partial charge is 0.289 e. The number of carbonyl (C=O) groups is 1. The molecule has 0 saturated heterocycles. The van der Waals surface area contributed by atoms with Gasteiger partial charge < -0.3 is 20.1 Å². The van der Waals surface area contributed by atoms with E-state index in [4.69, 9.17) is 9.47 Å². The zero-order chi connectivity index (χ0) is 21.6. The molecule has 0 aliphatic rings. The number of methoxy groups -OCH3 is 2. The van der Waals surface area contributed by atoms with Crippen molar-refractivity contribution < 1.29 is 14.3 Å². The molecule has 7 nitrogen and oxygen atoms in total. The van der Waals surface area contributed by atoms with Crippen molar-refractivity contribution in [2.24, 2.45) is 0 Å². The molecule has 1 aromatic heterocycles. The average Bonchev–Trinajstić information content (AvgIpc) is 2.83. The van der Waals surface area contributed by atoms with Crippen LogP contribution in [0.15, 0.2) is 72.8 Å². The Morgan fingerprint density at radius 3 is 2.45 bits per heavy atom. The summed E-state index contributed by atoms with van der Waals surface area (Å²) in [7, 11) is 3.17. The molecule has 0 bridgehead atoms. The second-order valence-corrected chi connectivity index (χ2v) is 6.76. The summed E-state index contributed by atoms with van der Waals surface area (Å²) in [5.41, 5.74) is 2.38. The Morgan fingerprint density at radius 2 is 1.68 bits per heavy atom. The Labute approximate surface area is 180 Å². The molecule has 3 aromatic carbocycles. The van der Waals surface area contributed by atoms with Gasteiger partial charge in [-0.05, 0) is 36.4 Å². The summed E-state index contributed by atoms with van der Waals surface area (Å²) in [6.45, 7) is 0.267. The van der Waals surface area contributed by atoms with Crippen LogP contribution in [0.1, 0.15) is 16.2 Å². The van der Waals surface area contributed by atoms with Gasteiger partial charge in [0.15, 0.2) is 0 Å². The fourth-order valence-electron chi connectivity index (χ4n) is 3.18. The molecule has 0 saturated carbocycles. The van der Waals surface area contributed by atoms with Crippen LogP contribution in [-0.4, -0.2) is 30.1 Å². The van der Waals surface area contributed by atoms with Gasteiger partial charge in [-0.25, -0.2) is 9.97 Å². The number of benzene rings is 3. The second-order valence-electron chi connectivity index (χ2n) is 6.76. The summed E-state index contributed by atoms with van der Waals surface area (Å²) in [4.78, 5) is 21.8. The Balaban J connectivity index is 1.59. The highest BCUT2D eigenvalue weighted by molar-refractivity contribution is 5.97. The van der Waals surface area contributed by atoms with E-state index in [1.165, 1.54) is 0 Å². The summed E-state index contributed by atoms with van der Waals surface area (Å²) in [5.74, 6) is 1.60. The Bertz CT molecular complexity index is 1210. The van der Waals surface area contributed by atoms with E-state index in [9.17, 15) is 4.79 Å². The number of rotatable bonds is 7. The van der Waals surface area contributed by atoms with E-state index >= 15 is 0 Å². The highest BCUT2D eigenvalue weighted by Crippen LogP contribution is 2.25. The van der Waals surface area contributed by atoms with Crippen LogP contribution in [0.5, 0.6) is 11.5 Å². The van der Waals surface area contributed by atoms with E-state index in [-0.39, 0.29) is 18.3 Å². The lowest BCUT2D eigenvalue weighted by atomic mass is 10.2. The third-order valence-electron chi connectivity index (χ3n) is 4.78. The summed E-state index contributed by atoms with van der Waals surface area (Å²) in [6, 6.07) is 22.7. The number of para-hydroxylation sites is 2. The molecule has 0 radical (unpaired) electrons. The lowest BCUT2D eigenvalue weighted by Gasteiger charge is -2.13. The fraction of sp³-hybridized carbons (Fsp3) is 0.125. The molecule has 2 N–H and O–H groups in total. The van der Waals surface area contributed by atoms with Gasteiger partial charge in [-0.15, -0.1) is 0 Å². The van der Waals surface area contributed by atoms with Gasteiger partial charge in [-0.2, -0.15) is 0 Å². The van der Waals surface area contributed by atoms with Gasteiger partial charge in [0.2, 0.25) is 5.82 Å². The number of fused-ring (bicyclic) bond motifs is 1. The molecule has 0 atom stereocenters. The molecule has 1 heterocycles. The average molecular weight is 414 g/mol. The van der Waals surface area contributed by atoms with Crippen LogP contribution in [0.4, 0.5) is 11.5 Å². The fourth-order valence-corrected chi connectivity index (χ4v) is 3.18. The van der Waals surface area contributed by atoms with Crippen molar-refractivity contribution in [3.63, 3.8) is 0 Å². The summed E-state index contributed by atoms with van der Waals surface area (Å²) in [5, 5.41) is 6.99. The quantitative estimate of drug-likeness (QED) is 0.468. The largest absolute Gasteiger partial charge is 0.497 e. The predicted molar refractivity (Wildman–Crippen MR) is 120 cm³/mol. The minimum Gasteiger partial charge on any atom is -0.497 e. The van der Waals surface area contributed by atoms with Crippen molar-refractivity contribution >= 4 is 28.3 Å². The number of anilines is 2. The van der Waals surface area contributed by atoms with E-state index in [2.05, 4.69) is 20.6 Å². The Kier molecular flexibility index (Phi) is 5.93. The molecule has 0 aliphatic heterocycles. The number of carbonyl (C=O) groups excluding carboxylic acids is 1. The molecule has 4 rings (SSSR count). The van der Waals surface area contributed by atoms with Crippen LogP contribution < -0.4 is 20.1 Å². The molecular weight excluding hydrogens is 392 g/mol. The first-order chi connectivity index (χ1) is 15.2. The van der Waals surface area contributed by atoms with E-state index in [1.807, 2.05) is 66.7 Å². The zero-order valence-electron chi connectivity index (χ0n) is 17.3. The van der Waals surface area contributed by atoms with Crippen molar-refractivity contribution in [3.05, 3.63) is 84.2 Å². The van der Waals surface area contributed by atoms with Crippen LogP contribution in [0.2, 0.25) is 0 Å². The maximum Gasteiger partial charge on any atom is 0.289 e. The summed E-state index contributed by atoms with van der Waals surface area (Å²) in [6.07, 6.45) is 0. The number of nitrogens with zero attached hydrogens (tertiary/aromatic N) is 2. The predicted octanol–water partition coefficient (Wildman–Crippen LogP) is 4.32. The number of hydrogen-bond acceptors (Lipinski definition) is 6. The topological polar surface area (TPSA) is 85.4 Å². The molecule has 0 spiro atoms. The SMILES string of the molecule is COc1ccc(CNC(=O)c2nc(Nc3ccccc3)c3ccccc3n2)c(OC)c1. The number of aromatic nitrogens is 2. The Hall–Kier alpha value is -4.13. The molecule has 156 valence electrons. The molecule has 1 amide bonds. The first-order valence-corrected chi connectivity index (χ1v) is 9.76. The molecule has 31 heavy (non-hydrogen) atoms. The molecule has 0 fully saturated rings. The van der Waals surface area contributed by atoms with Crippen molar-refractivity contribution in [1.82, 2.24) is 15.3 Å². The monoisotopic (exact) mass is 414 g/mol. The molecular formula is C24H22N4O3. The van der Waals surface area contributed by atoms with Crippen molar-refractivity contribution in [3.8, 4) is 11.5 Å². The molecule has 4 aromatic rings. The maximum absolute atomic E-state index is 12.9. The zero-order valence-corrected chi connectivity index (χ0v) is 17.3. The number of hydrogen-bond donors (Lipinski definition) is 2. The number of amides is 1. The van der Waals surface area contributed by atoms with Crippen molar-refractivity contribution in [1.29, 1.82) is 0 Å². The van der Waals surface area contributed by atoms with Gasteiger partial charge in [0, 0.05) is 29.2 Å². The Morgan fingerprint density at radius 1 is 0.903 bits per heavy atom. The van der Waals surface area contributed by atoms with E-state index in [0.717, 1.165) is 16.6 Å². The van der Waals surface area contributed by atoms with Crippen LogP contribution in [0.3, 0.4) is 0 Å². The maximum atomic E-state index is 12.9. The first kappa shape index (κ1) is 20.2. The van der Waals surface area contributed by atoms with Gasteiger partial charge in [-0.1, -0.05) is 30.3 Å². The second kappa shape index (κ2) is 9.13. The van der Waals surface area contributed by atoms with Crippen LogP contribution in [0, 0.1) is 0 Å². The first-order valence-electron chi connectivity index (χ1n) is 9.76. The van der Waals surface area contributed by atoms with E-state index in [1.54, 1.807) is 20.3 Å². The molecule has 0 aliphatic carbocycles. The van der Waals surface area contributed by atoms with Gasteiger partial charge in [-0.3, -0.25) is 4.79 Å². The molecule has 0 unspecified atom stereocenters. The lowest BCUT2D eigenvalue weighted by Crippen LogP contribution is -2.25. The van der Waals surface area contributed by atoms with Crippen molar-refractivity contribution in [2.75, 3.05) is 19.5 Å². The van der Waals surface area contributed by atoms with Crippen LogP contribution in [-0.2, 0) is 6.54 Å². The normalized spacial score (nSPS) is 10.5.